The zero-order chi connectivity index (χ0) is 12.3. The van der Waals surface area contributed by atoms with Crippen LogP contribution in [0.1, 0.15) is 38.5 Å². The number of nitrogens with zero attached hydrogens (tertiary/aromatic N) is 1. The second-order valence-electron chi connectivity index (χ2n) is 4.85. The van der Waals surface area contributed by atoms with E-state index in [2.05, 4.69) is 5.32 Å². The maximum absolute atomic E-state index is 12.3. The molecule has 2 amide bonds. The van der Waals surface area contributed by atoms with Crippen LogP contribution in [0.25, 0.3) is 0 Å². The lowest BCUT2D eigenvalue weighted by Gasteiger charge is -2.37. The van der Waals surface area contributed by atoms with Crippen molar-refractivity contribution in [2.75, 3.05) is 13.2 Å². The molecule has 2 heterocycles. The number of aliphatic hydroxyl groups is 1. The molecule has 0 aliphatic carbocycles. The first-order chi connectivity index (χ1) is 8.22. The van der Waals surface area contributed by atoms with Crippen LogP contribution in [0.3, 0.4) is 0 Å². The summed E-state index contributed by atoms with van der Waals surface area (Å²) in [5, 5.41) is 11.7. The Morgan fingerprint density at radius 2 is 2.24 bits per heavy atom. The average molecular weight is 240 g/mol. The molecule has 5 heteroatoms. The summed E-state index contributed by atoms with van der Waals surface area (Å²) >= 11 is 0. The van der Waals surface area contributed by atoms with Crippen LogP contribution in [0.4, 0.5) is 0 Å². The molecule has 2 fully saturated rings. The van der Waals surface area contributed by atoms with Crippen molar-refractivity contribution in [1.29, 1.82) is 0 Å². The van der Waals surface area contributed by atoms with Crippen LogP contribution in [0.5, 0.6) is 0 Å². The van der Waals surface area contributed by atoms with E-state index in [9.17, 15) is 9.59 Å². The quantitative estimate of drug-likeness (QED) is 0.731. The smallest absolute Gasteiger partial charge is 0.245 e. The number of nitrogens with one attached hydrogen (secondary N) is 1. The van der Waals surface area contributed by atoms with Crippen molar-refractivity contribution in [1.82, 2.24) is 10.2 Å². The van der Waals surface area contributed by atoms with Crippen LogP contribution in [0.15, 0.2) is 0 Å². The van der Waals surface area contributed by atoms with Crippen molar-refractivity contribution >= 4 is 11.8 Å². The predicted octanol–water partition coefficient (Wildman–Crippen LogP) is 0.0285. The molecule has 2 aliphatic rings. The summed E-state index contributed by atoms with van der Waals surface area (Å²) in [6.45, 7) is 0.876. The van der Waals surface area contributed by atoms with E-state index in [0.29, 0.717) is 19.3 Å². The standard InChI is InChI=1S/C12H20N2O3/c15-8-6-9-3-1-2-7-14(9)12(17)10-4-5-11(16)13-10/h9-10,15H,1-8H2,(H,13,16). The fourth-order valence-corrected chi connectivity index (χ4v) is 2.74. The van der Waals surface area contributed by atoms with Crippen molar-refractivity contribution in [3.05, 3.63) is 0 Å². The molecule has 0 saturated carbocycles. The number of hydrogen-bond donors (Lipinski definition) is 2. The number of hydrogen-bond acceptors (Lipinski definition) is 3. The van der Waals surface area contributed by atoms with E-state index in [0.717, 1.165) is 25.8 Å². The Kier molecular flexibility index (Phi) is 3.99. The second kappa shape index (κ2) is 5.49. The van der Waals surface area contributed by atoms with Gasteiger partial charge in [-0.3, -0.25) is 9.59 Å². The van der Waals surface area contributed by atoms with Crippen molar-refractivity contribution in [3.63, 3.8) is 0 Å². The van der Waals surface area contributed by atoms with Crippen LogP contribution in [0, 0.1) is 0 Å². The number of likely N-dealkylation sites (tertiary alicyclic amines) is 1. The minimum absolute atomic E-state index is 0.0286. The summed E-state index contributed by atoms with van der Waals surface area (Å²) in [5.41, 5.74) is 0. The first kappa shape index (κ1) is 12.4. The van der Waals surface area contributed by atoms with E-state index in [4.69, 9.17) is 5.11 Å². The molecule has 2 N–H and O–H groups in total. The summed E-state index contributed by atoms with van der Waals surface area (Å²) in [7, 11) is 0. The molecule has 0 spiro atoms. The molecule has 0 aromatic heterocycles. The molecule has 0 aromatic carbocycles. The molecule has 17 heavy (non-hydrogen) atoms. The summed E-state index contributed by atoms with van der Waals surface area (Å²) in [6.07, 6.45) is 4.81. The Morgan fingerprint density at radius 1 is 1.41 bits per heavy atom. The summed E-state index contributed by atoms with van der Waals surface area (Å²) in [5.74, 6) is 0.00747. The van der Waals surface area contributed by atoms with Crippen LogP contribution < -0.4 is 5.32 Å². The zero-order valence-corrected chi connectivity index (χ0v) is 10.0. The number of piperidine rings is 1. The van der Waals surface area contributed by atoms with E-state index in [1.54, 1.807) is 0 Å². The van der Waals surface area contributed by atoms with Crippen molar-refractivity contribution in [3.8, 4) is 0 Å². The van der Waals surface area contributed by atoms with Gasteiger partial charge in [-0.15, -0.1) is 0 Å². The van der Waals surface area contributed by atoms with E-state index >= 15 is 0 Å². The minimum atomic E-state index is -0.332. The van der Waals surface area contributed by atoms with Gasteiger partial charge in [-0.2, -0.15) is 0 Å². The Balaban J connectivity index is 1.98. The maximum atomic E-state index is 12.3. The molecule has 5 nitrogen and oxygen atoms in total. The van der Waals surface area contributed by atoms with Crippen molar-refractivity contribution < 1.29 is 14.7 Å². The fraction of sp³-hybridized carbons (Fsp3) is 0.833. The van der Waals surface area contributed by atoms with Crippen LogP contribution in [-0.4, -0.2) is 47.1 Å². The normalized spacial score (nSPS) is 29.2. The summed E-state index contributed by atoms with van der Waals surface area (Å²) in [4.78, 5) is 25.2. The number of aliphatic hydroxyl groups excluding tert-OH is 1. The highest BCUT2D eigenvalue weighted by molar-refractivity contribution is 5.91. The molecule has 2 saturated heterocycles. The molecule has 0 radical (unpaired) electrons. The Hall–Kier alpha value is -1.10. The highest BCUT2D eigenvalue weighted by Gasteiger charge is 2.34. The fourth-order valence-electron chi connectivity index (χ4n) is 2.74. The number of carbonyl (C=O) groups excluding carboxylic acids is 2. The van der Waals surface area contributed by atoms with Gasteiger partial charge in [-0.05, 0) is 32.1 Å². The Labute approximate surface area is 101 Å². The predicted molar refractivity (Wildman–Crippen MR) is 62.2 cm³/mol. The van der Waals surface area contributed by atoms with Gasteiger partial charge in [0, 0.05) is 25.6 Å². The lowest BCUT2D eigenvalue weighted by atomic mass is 9.98. The highest BCUT2D eigenvalue weighted by atomic mass is 16.3. The maximum Gasteiger partial charge on any atom is 0.245 e. The molecule has 2 aliphatic heterocycles. The SMILES string of the molecule is O=C1CCC(C(=O)N2CCCCC2CCO)N1. The van der Waals surface area contributed by atoms with E-state index < -0.39 is 0 Å². The number of carbonyl (C=O) groups is 2. The first-order valence-corrected chi connectivity index (χ1v) is 6.43. The van der Waals surface area contributed by atoms with E-state index in [1.165, 1.54) is 0 Å². The van der Waals surface area contributed by atoms with Gasteiger partial charge in [0.25, 0.3) is 0 Å². The molecular formula is C12H20N2O3. The van der Waals surface area contributed by atoms with Gasteiger partial charge >= 0.3 is 0 Å². The Morgan fingerprint density at radius 3 is 2.88 bits per heavy atom. The molecule has 0 aromatic rings. The molecule has 96 valence electrons. The lowest BCUT2D eigenvalue weighted by Crippen LogP contribution is -2.51. The summed E-state index contributed by atoms with van der Waals surface area (Å²) < 4.78 is 0. The third-order valence-electron chi connectivity index (χ3n) is 3.67. The van der Waals surface area contributed by atoms with Crippen LogP contribution in [-0.2, 0) is 9.59 Å². The number of rotatable bonds is 3. The van der Waals surface area contributed by atoms with E-state index in [-0.39, 0.29) is 30.5 Å². The molecule has 2 atom stereocenters. The van der Waals surface area contributed by atoms with Crippen LogP contribution in [0.2, 0.25) is 0 Å². The highest BCUT2D eigenvalue weighted by Crippen LogP contribution is 2.22. The second-order valence-corrected chi connectivity index (χ2v) is 4.85. The van der Waals surface area contributed by atoms with Gasteiger partial charge in [-0.1, -0.05) is 0 Å². The van der Waals surface area contributed by atoms with Gasteiger partial charge in [-0.25, -0.2) is 0 Å². The van der Waals surface area contributed by atoms with E-state index in [1.807, 2.05) is 4.90 Å². The van der Waals surface area contributed by atoms with Gasteiger partial charge in [0.15, 0.2) is 0 Å². The number of amides is 2. The summed E-state index contributed by atoms with van der Waals surface area (Å²) in [6, 6.07) is -0.180. The molecule has 2 unspecified atom stereocenters. The minimum Gasteiger partial charge on any atom is -0.396 e. The lowest BCUT2D eigenvalue weighted by molar-refractivity contribution is -0.138. The third-order valence-corrected chi connectivity index (χ3v) is 3.67. The average Bonchev–Trinajstić information content (AvgIpc) is 2.76. The van der Waals surface area contributed by atoms with Gasteiger partial charge in [0.1, 0.15) is 6.04 Å². The van der Waals surface area contributed by atoms with Crippen molar-refractivity contribution in [2.24, 2.45) is 0 Å². The first-order valence-electron chi connectivity index (χ1n) is 6.43. The zero-order valence-electron chi connectivity index (χ0n) is 10.0. The Bertz CT molecular complexity index is 304. The van der Waals surface area contributed by atoms with Gasteiger partial charge in [0.05, 0.1) is 0 Å². The third kappa shape index (κ3) is 2.77. The van der Waals surface area contributed by atoms with Crippen molar-refractivity contribution in [2.45, 2.75) is 50.6 Å². The largest absolute Gasteiger partial charge is 0.396 e. The monoisotopic (exact) mass is 240 g/mol. The van der Waals surface area contributed by atoms with Gasteiger partial charge < -0.3 is 15.3 Å². The topological polar surface area (TPSA) is 69.6 Å². The van der Waals surface area contributed by atoms with Crippen LogP contribution >= 0.6 is 0 Å². The molecule has 2 rings (SSSR count). The van der Waals surface area contributed by atoms with Gasteiger partial charge in [0.2, 0.25) is 11.8 Å². The molecular weight excluding hydrogens is 220 g/mol. The molecule has 0 bridgehead atoms.